The Hall–Kier alpha value is -1.06. The number of aryl methyl sites for hydroxylation is 2. The van der Waals surface area contributed by atoms with E-state index in [0.29, 0.717) is 6.04 Å². The van der Waals surface area contributed by atoms with Crippen LogP contribution in [0.4, 0.5) is 0 Å². The van der Waals surface area contributed by atoms with E-state index in [-0.39, 0.29) is 0 Å². The van der Waals surface area contributed by atoms with Crippen molar-refractivity contribution in [2.75, 3.05) is 20.2 Å². The van der Waals surface area contributed by atoms with Crippen LogP contribution >= 0.6 is 0 Å². The summed E-state index contributed by atoms with van der Waals surface area (Å²) in [6, 6.07) is 5.04. The molecule has 0 radical (unpaired) electrons. The Morgan fingerprint density at radius 3 is 2.59 bits per heavy atom. The largest absolute Gasteiger partial charge is 0.496 e. The molecule has 3 heteroatoms. The third kappa shape index (κ3) is 2.99. The number of ether oxygens (including phenoxy) is 1. The van der Waals surface area contributed by atoms with Gasteiger partial charge in [0, 0.05) is 19.1 Å². The molecular formula is C14H22N2O. The standard InChI is InChI=1S/C14H22N2O/c1-10-6-12(7-11(2)14(10)17-3)8-16-13-4-5-15-9-13/h6-7,13,15-16H,4-5,8-9H2,1-3H3. The molecular weight excluding hydrogens is 212 g/mol. The Balaban J connectivity index is 2.01. The molecule has 0 amide bonds. The molecule has 1 unspecified atom stereocenters. The van der Waals surface area contributed by atoms with E-state index in [2.05, 4.69) is 36.6 Å². The second kappa shape index (κ2) is 5.52. The smallest absolute Gasteiger partial charge is 0.124 e. The Bertz CT molecular complexity index is 361. The molecule has 1 aliphatic rings. The lowest BCUT2D eigenvalue weighted by atomic mass is 10.1. The highest BCUT2D eigenvalue weighted by molar-refractivity contribution is 5.43. The van der Waals surface area contributed by atoms with E-state index in [1.165, 1.54) is 23.1 Å². The number of hydrogen-bond acceptors (Lipinski definition) is 3. The van der Waals surface area contributed by atoms with Crippen molar-refractivity contribution in [2.45, 2.75) is 32.9 Å². The second-order valence-electron chi connectivity index (χ2n) is 4.83. The van der Waals surface area contributed by atoms with Gasteiger partial charge in [-0.05, 0) is 43.5 Å². The quantitative estimate of drug-likeness (QED) is 0.833. The van der Waals surface area contributed by atoms with Crippen molar-refractivity contribution in [1.29, 1.82) is 0 Å². The molecule has 1 fully saturated rings. The maximum Gasteiger partial charge on any atom is 0.124 e. The Kier molecular flexibility index (Phi) is 4.02. The molecule has 1 aromatic rings. The Morgan fingerprint density at radius 2 is 2.06 bits per heavy atom. The lowest BCUT2D eigenvalue weighted by molar-refractivity contribution is 0.408. The fourth-order valence-corrected chi connectivity index (χ4v) is 2.56. The van der Waals surface area contributed by atoms with Crippen LogP contribution in [0.5, 0.6) is 5.75 Å². The van der Waals surface area contributed by atoms with Crippen LogP contribution < -0.4 is 15.4 Å². The number of benzene rings is 1. The van der Waals surface area contributed by atoms with Crippen LogP contribution in [0, 0.1) is 13.8 Å². The van der Waals surface area contributed by atoms with E-state index in [9.17, 15) is 0 Å². The van der Waals surface area contributed by atoms with Crippen molar-refractivity contribution in [3.05, 3.63) is 28.8 Å². The van der Waals surface area contributed by atoms with Gasteiger partial charge in [-0.15, -0.1) is 0 Å². The number of hydrogen-bond donors (Lipinski definition) is 2. The van der Waals surface area contributed by atoms with Crippen LogP contribution in [-0.4, -0.2) is 26.2 Å². The van der Waals surface area contributed by atoms with Gasteiger partial charge in [-0.25, -0.2) is 0 Å². The summed E-state index contributed by atoms with van der Waals surface area (Å²) < 4.78 is 5.38. The molecule has 17 heavy (non-hydrogen) atoms. The van der Waals surface area contributed by atoms with E-state index in [1.54, 1.807) is 7.11 Å². The average Bonchev–Trinajstić information content (AvgIpc) is 2.79. The average molecular weight is 234 g/mol. The fourth-order valence-electron chi connectivity index (χ4n) is 2.56. The van der Waals surface area contributed by atoms with Crippen LogP contribution in [0.25, 0.3) is 0 Å². The normalized spacial score (nSPS) is 19.6. The third-order valence-corrected chi connectivity index (χ3v) is 3.38. The van der Waals surface area contributed by atoms with Gasteiger partial charge in [0.2, 0.25) is 0 Å². The number of methoxy groups -OCH3 is 1. The Morgan fingerprint density at radius 1 is 1.35 bits per heavy atom. The van der Waals surface area contributed by atoms with Crippen LogP contribution in [-0.2, 0) is 6.54 Å². The summed E-state index contributed by atoms with van der Waals surface area (Å²) in [5.74, 6) is 1.01. The highest BCUT2D eigenvalue weighted by atomic mass is 16.5. The van der Waals surface area contributed by atoms with Crippen molar-refractivity contribution < 1.29 is 4.74 Å². The molecule has 3 nitrogen and oxygen atoms in total. The van der Waals surface area contributed by atoms with Gasteiger partial charge in [0.1, 0.15) is 5.75 Å². The molecule has 0 aromatic heterocycles. The zero-order valence-corrected chi connectivity index (χ0v) is 11.0. The van der Waals surface area contributed by atoms with Gasteiger partial charge in [-0.1, -0.05) is 12.1 Å². The molecule has 1 atom stereocenters. The van der Waals surface area contributed by atoms with Gasteiger partial charge in [0.15, 0.2) is 0 Å². The van der Waals surface area contributed by atoms with E-state index in [0.717, 1.165) is 25.4 Å². The monoisotopic (exact) mass is 234 g/mol. The van der Waals surface area contributed by atoms with Crippen molar-refractivity contribution in [2.24, 2.45) is 0 Å². The summed E-state index contributed by atoms with van der Waals surface area (Å²) in [6.45, 7) is 7.38. The minimum atomic E-state index is 0.623. The first-order valence-corrected chi connectivity index (χ1v) is 6.29. The summed E-state index contributed by atoms with van der Waals surface area (Å²) in [6.07, 6.45) is 1.23. The van der Waals surface area contributed by atoms with Gasteiger partial charge in [-0.3, -0.25) is 0 Å². The highest BCUT2D eigenvalue weighted by Crippen LogP contribution is 2.24. The van der Waals surface area contributed by atoms with Crippen LogP contribution in [0.2, 0.25) is 0 Å². The molecule has 2 N–H and O–H groups in total. The number of nitrogens with one attached hydrogen (secondary N) is 2. The topological polar surface area (TPSA) is 33.3 Å². The maximum atomic E-state index is 5.38. The molecule has 0 bridgehead atoms. The summed E-state index contributed by atoms with van der Waals surface area (Å²) in [5.41, 5.74) is 3.77. The van der Waals surface area contributed by atoms with E-state index in [1.807, 2.05) is 0 Å². The summed E-state index contributed by atoms with van der Waals surface area (Å²) in [7, 11) is 1.73. The van der Waals surface area contributed by atoms with Gasteiger partial charge in [0.05, 0.1) is 7.11 Å². The predicted octanol–water partition coefficient (Wildman–Crippen LogP) is 1.76. The van der Waals surface area contributed by atoms with Crippen LogP contribution in [0.3, 0.4) is 0 Å². The fraction of sp³-hybridized carbons (Fsp3) is 0.571. The summed E-state index contributed by atoms with van der Waals surface area (Å²) in [5, 5.41) is 6.95. The van der Waals surface area contributed by atoms with Gasteiger partial charge in [-0.2, -0.15) is 0 Å². The zero-order valence-electron chi connectivity index (χ0n) is 11.0. The molecule has 1 aromatic carbocycles. The first kappa shape index (κ1) is 12.4. The molecule has 0 saturated carbocycles. The SMILES string of the molecule is COc1c(C)cc(CNC2CCNC2)cc1C. The van der Waals surface area contributed by atoms with E-state index in [4.69, 9.17) is 4.74 Å². The van der Waals surface area contributed by atoms with Gasteiger partial charge < -0.3 is 15.4 Å². The molecule has 0 aliphatic carbocycles. The lowest BCUT2D eigenvalue weighted by Crippen LogP contribution is -2.30. The highest BCUT2D eigenvalue weighted by Gasteiger charge is 2.13. The van der Waals surface area contributed by atoms with Crippen molar-refractivity contribution in [3.63, 3.8) is 0 Å². The second-order valence-corrected chi connectivity index (χ2v) is 4.83. The van der Waals surface area contributed by atoms with Crippen molar-refractivity contribution in [1.82, 2.24) is 10.6 Å². The molecule has 0 spiro atoms. The van der Waals surface area contributed by atoms with E-state index < -0.39 is 0 Å². The first-order chi connectivity index (χ1) is 8.20. The molecule has 94 valence electrons. The minimum absolute atomic E-state index is 0.623. The van der Waals surface area contributed by atoms with E-state index >= 15 is 0 Å². The zero-order chi connectivity index (χ0) is 12.3. The Labute approximate surface area is 104 Å². The predicted molar refractivity (Wildman–Crippen MR) is 70.6 cm³/mol. The lowest BCUT2D eigenvalue weighted by Gasteiger charge is -2.14. The molecule has 1 aliphatic heterocycles. The van der Waals surface area contributed by atoms with Gasteiger partial charge >= 0.3 is 0 Å². The molecule has 1 saturated heterocycles. The van der Waals surface area contributed by atoms with Crippen molar-refractivity contribution in [3.8, 4) is 5.75 Å². The third-order valence-electron chi connectivity index (χ3n) is 3.38. The molecule has 2 rings (SSSR count). The van der Waals surface area contributed by atoms with Crippen molar-refractivity contribution >= 4 is 0 Å². The van der Waals surface area contributed by atoms with Crippen LogP contribution in [0.1, 0.15) is 23.1 Å². The van der Waals surface area contributed by atoms with Gasteiger partial charge in [0.25, 0.3) is 0 Å². The summed E-state index contributed by atoms with van der Waals surface area (Å²) in [4.78, 5) is 0. The minimum Gasteiger partial charge on any atom is -0.496 e. The number of rotatable bonds is 4. The molecule has 1 heterocycles. The first-order valence-electron chi connectivity index (χ1n) is 6.29. The van der Waals surface area contributed by atoms with Crippen LogP contribution in [0.15, 0.2) is 12.1 Å². The summed E-state index contributed by atoms with van der Waals surface area (Å²) >= 11 is 0. The maximum absolute atomic E-state index is 5.38.